The highest BCUT2D eigenvalue weighted by atomic mass is 32.2. The van der Waals surface area contributed by atoms with Crippen LogP contribution in [0.2, 0.25) is 0 Å². The highest BCUT2D eigenvalue weighted by Gasteiger charge is 2.33. The van der Waals surface area contributed by atoms with Gasteiger partial charge in [-0.3, -0.25) is 14.4 Å². The molecule has 0 N–H and O–H groups in total. The first-order chi connectivity index (χ1) is 13.6. The van der Waals surface area contributed by atoms with E-state index in [9.17, 15) is 14.4 Å². The van der Waals surface area contributed by atoms with Crippen molar-refractivity contribution in [3.05, 3.63) is 112 Å². The number of hydrogen-bond acceptors (Lipinski definition) is 4. The van der Waals surface area contributed by atoms with E-state index in [4.69, 9.17) is 0 Å². The van der Waals surface area contributed by atoms with Crippen molar-refractivity contribution in [2.24, 2.45) is 0 Å². The molecule has 3 nitrogen and oxygen atoms in total. The quantitative estimate of drug-likeness (QED) is 0.554. The average Bonchev–Trinajstić information content (AvgIpc) is 2.75. The molecular weight excluding hydrogens is 368 g/mol. The molecule has 0 amide bonds. The summed E-state index contributed by atoms with van der Waals surface area (Å²) in [5.41, 5.74) is 1.55. The van der Waals surface area contributed by atoms with Gasteiger partial charge in [0.15, 0.2) is 11.6 Å². The first-order valence-corrected chi connectivity index (χ1v) is 9.69. The lowest BCUT2D eigenvalue weighted by Crippen LogP contribution is -2.22. The number of carbonyl (C=O) groups is 3. The van der Waals surface area contributed by atoms with Gasteiger partial charge in [0.25, 0.3) is 0 Å². The Hall–Kier alpha value is -3.24. The molecule has 4 heteroatoms. The molecule has 0 spiro atoms. The van der Waals surface area contributed by atoms with Crippen LogP contribution in [0.5, 0.6) is 0 Å². The van der Waals surface area contributed by atoms with Crippen LogP contribution in [0.4, 0.5) is 0 Å². The second-order valence-electron chi connectivity index (χ2n) is 6.39. The van der Waals surface area contributed by atoms with Crippen molar-refractivity contribution < 1.29 is 14.4 Å². The van der Waals surface area contributed by atoms with E-state index in [0.29, 0.717) is 21.6 Å². The molecule has 28 heavy (non-hydrogen) atoms. The molecule has 0 saturated heterocycles. The fraction of sp³-hybridized carbons (Fsp3) is 0.0417. The Labute approximate surface area is 167 Å². The summed E-state index contributed by atoms with van der Waals surface area (Å²) in [4.78, 5) is 40.3. The predicted octanol–water partition coefficient (Wildman–Crippen LogP) is 5.39. The van der Waals surface area contributed by atoms with E-state index in [-0.39, 0.29) is 29.3 Å². The fourth-order valence-electron chi connectivity index (χ4n) is 3.17. The Morgan fingerprint density at radius 3 is 1.86 bits per heavy atom. The standard InChI is InChI=1S/C24H16O3S/c25-21(16-9-3-1-4-10-16)15-20-22(26)18-13-7-8-14-19(18)23(27)24(20)28-17-11-5-2-6-12-17/h1-14H,15H2. The van der Waals surface area contributed by atoms with E-state index in [0.717, 1.165) is 4.90 Å². The molecule has 0 aromatic heterocycles. The van der Waals surface area contributed by atoms with Crippen molar-refractivity contribution in [3.63, 3.8) is 0 Å². The summed E-state index contributed by atoms with van der Waals surface area (Å²) in [5, 5.41) is 0. The maximum Gasteiger partial charge on any atom is 0.200 e. The number of rotatable bonds is 5. The van der Waals surface area contributed by atoms with Gasteiger partial charge in [-0.2, -0.15) is 0 Å². The van der Waals surface area contributed by atoms with Crippen molar-refractivity contribution in [2.75, 3.05) is 0 Å². The highest BCUT2D eigenvalue weighted by molar-refractivity contribution is 8.04. The Bertz CT molecular complexity index is 1100. The molecule has 0 saturated carbocycles. The van der Waals surface area contributed by atoms with Gasteiger partial charge in [-0.15, -0.1) is 0 Å². The second kappa shape index (κ2) is 7.79. The smallest absolute Gasteiger partial charge is 0.200 e. The van der Waals surface area contributed by atoms with Gasteiger partial charge in [0.2, 0.25) is 5.78 Å². The van der Waals surface area contributed by atoms with Gasteiger partial charge in [-0.05, 0) is 12.1 Å². The summed E-state index contributed by atoms with van der Waals surface area (Å²) in [6, 6.07) is 25.0. The SMILES string of the molecule is O=C(CC1=C(Sc2ccccc2)C(=O)c2ccccc2C1=O)c1ccccc1. The van der Waals surface area contributed by atoms with Gasteiger partial charge in [-0.1, -0.05) is 84.6 Å². The molecule has 0 heterocycles. The lowest BCUT2D eigenvalue weighted by molar-refractivity contribution is 0.0946. The van der Waals surface area contributed by atoms with E-state index in [2.05, 4.69) is 0 Å². The first-order valence-electron chi connectivity index (χ1n) is 8.88. The number of thioether (sulfide) groups is 1. The van der Waals surface area contributed by atoms with E-state index in [1.165, 1.54) is 11.8 Å². The molecule has 0 radical (unpaired) electrons. The zero-order chi connectivity index (χ0) is 19.5. The minimum absolute atomic E-state index is 0.0991. The minimum atomic E-state index is -0.252. The van der Waals surface area contributed by atoms with Gasteiger partial charge in [0.1, 0.15) is 0 Å². The topological polar surface area (TPSA) is 51.2 Å². The van der Waals surface area contributed by atoms with Crippen molar-refractivity contribution in [3.8, 4) is 0 Å². The number of fused-ring (bicyclic) bond motifs is 1. The lowest BCUT2D eigenvalue weighted by Gasteiger charge is -2.20. The Morgan fingerprint density at radius 1 is 0.679 bits per heavy atom. The monoisotopic (exact) mass is 384 g/mol. The Kier molecular flexibility index (Phi) is 5.04. The van der Waals surface area contributed by atoms with Crippen LogP contribution in [0.15, 0.2) is 100 Å². The molecule has 0 atom stereocenters. The number of Topliss-reactive ketones (excluding diaryl/α,β-unsaturated/α-hetero) is 3. The fourth-order valence-corrected chi connectivity index (χ4v) is 4.19. The molecule has 4 rings (SSSR count). The summed E-state index contributed by atoms with van der Waals surface area (Å²) < 4.78 is 0. The second-order valence-corrected chi connectivity index (χ2v) is 7.48. The summed E-state index contributed by atoms with van der Waals surface area (Å²) in [6.07, 6.45) is -0.0991. The van der Waals surface area contributed by atoms with Crippen LogP contribution in [0.25, 0.3) is 0 Å². The van der Waals surface area contributed by atoms with Crippen LogP contribution >= 0.6 is 11.8 Å². The summed E-state index contributed by atoms with van der Waals surface area (Å²) in [6.45, 7) is 0. The summed E-state index contributed by atoms with van der Waals surface area (Å²) in [7, 11) is 0. The largest absolute Gasteiger partial charge is 0.294 e. The summed E-state index contributed by atoms with van der Waals surface area (Å²) in [5.74, 6) is -0.639. The minimum Gasteiger partial charge on any atom is -0.294 e. The third-order valence-corrected chi connectivity index (χ3v) is 5.71. The lowest BCUT2D eigenvalue weighted by atomic mass is 9.86. The molecule has 1 aliphatic rings. The first kappa shape index (κ1) is 18.1. The molecule has 136 valence electrons. The molecule has 0 fully saturated rings. The Balaban J connectivity index is 1.78. The normalized spacial score (nSPS) is 13.4. The number of ketones is 3. The maximum atomic E-state index is 13.2. The average molecular weight is 384 g/mol. The van der Waals surface area contributed by atoms with Crippen molar-refractivity contribution in [1.82, 2.24) is 0 Å². The van der Waals surface area contributed by atoms with Crippen LogP contribution in [0.3, 0.4) is 0 Å². The van der Waals surface area contributed by atoms with Crippen LogP contribution in [-0.4, -0.2) is 17.3 Å². The molecular formula is C24H16O3S. The third-order valence-electron chi connectivity index (χ3n) is 4.57. The highest BCUT2D eigenvalue weighted by Crippen LogP contribution is 2.38. The molecule has 0 bridgehead atoms. The zero-order valence-corrected chi connectivity index (χ0v) is 15.7. The van der Waals surface area contributed by atoms with Gasteiger partial charge >= 0.3 is 0 Å². The van der Waals surface area contributed by atoms with E-state index in [1.54, 1.807) is 48.5 Å². The van der Waals surface area contributed by atoms with Crippen LogP contribution < -0.4 is 0 Å². The van der Waals surface area contributed by atoms with Crippen molar-refractivity contribution in [1.29, 1.82) is 0 Å². The van der Waals surface area contributed by atoms with Crippen LogP contribution in [-0.2, 0) is 0 Å². The zero-order valence-electron chi connectivity index (χ0n) is 14.9. The van der Waals surface area contributed by atoms with Crippen LogP contribution in [0.1, 0.15) is 37.5 Å². The predicted molar refractivity (Wildman–Crippen MR) is 110 cm³/mol. The van der Waals surface area contributed by atoms with Gasteiger partial charge in [0, 0.05) is 33.6 Å². The van der Waals surface area contributed by atoms with Crippen molar-refractivity contribution in [2.45, 2.75) is 11.3 Å². The molecule has 1 aliphatic carbocycles. The Morgan fingerprint density at radius 2 is 1.21 bits per heavy atom. The maximum absolute atomic E-state index is 13.2. The number of benzene rings is 3. The molecule has 3 aromatic carbocycles. The van der Waals surface area contributed by atoms with Crippen molar-refractivity contribution >= 4 is 29.1 Å². The van der Waals surface area contributed by atoms with E-state index in [1.807, 2.05) is 36.4 Å². The molecule has 3 aromatic rings. The molecule has 0 unspecified atom stereocenters. The summed E-state index contributed by atoms with van der Waals surface area (Å²) >= 11 is 1.24. The van der Waals surface area contributed by atoms with E-state index < -0.39 is 0 Å². The molecule has 0 aliphatic heterocycles. The van der Waals surface area contributed by atoms with Gasteiger partial charge < -0.3 is 0 Å². The van der Waals surface area contributed by atoms with Gasteiger partial charge in [0.05, 0.1) is 4.91 Å². The third kappa shape index (κ3) is 3.47. The van der Waals surface area contributed by atoms with Crippen LogP contribution in [0, 0.1) is 0 Å². The number of hydrogen-bond donors (Lipinski definition) is 0. The van der Waals surface area contributed by atoms with E-state index >= 15 is 0 Å². The number of carbonyl (C=O) groups excluding carboxylic acids is 3. The number of allylic oxidation sites excluding steroid dienone is 2. The van der Waals surface area contributed by atoms with Gasteiger partial charge in [-0.25, -0.2) is 0 Å².